The van der Waals surface area contributed by atoms with Crippen LogP contribution < -0.4 is 5.32 Å². The summed E-state index contributed by atoms with van der Waals surface area (Å²) < 4.78 is 5.52. The molecule has 2 aliphatic heterocycles. The molecular weight excluding hydrogens is 240 g/mol. The number of ketones is 1. The molecule has 0 saturated carbocycles. The molecule has 0 aromatic carbocycles. The van der Waals surface area contributed by atoms with Crippen LogP contribution in [0.1, 0.15) is 34.6 Å². The number of carbonyl (C=O) groups excluding carboxylic acids is 1. The number of rotatable bonds is 2. The van der Waals surface area contributed by atoms with Crippen molar-refractivity contribution in [3.63, 3.8) is 0 Å². The van der Waals surface area contributed by atoms with Crippen LogP contribution >= 0.6 is 0 Å². The van der Waals surface area contributed by atoms with Gasteiger partial charge in [-0.25, -0.2) is 0 Å². The SMILES string of the molecule is Cc1cc(C(=O)C2CC3COCC(C2)N3)cc(C)n1. The molecule has 2 fully saturated rings. The molecule has 2 bridgehead atoms. The average molecular weight is 260 g/mol. The van der Waals surface area contributed by atoms with Gasteiger partial charge in [0.2, 0.25) is 0 Å². The molecule has 0 spiro atoms. The van der Waals surface area contributed by atoms with E-state index in [1.807, 2.05) is 26.0 Å². The molecule has 4 nitrogen and oxygen atoms in total. The lowest BCUT2D eigenvalue weighted by Crippen LogP contribution is -2.55. The van der Waals surface area contributed by atoms with Gasteiger partial charge in [-0.1, -0.05) is 0 Å². The van der Waals surface area contributed by atoms with Gasteiger partial charge < -0.3 is 10.1 Å². The quantitative estimate of drug-likeness (QED) is 0.821. The summed E-state index contributed by atoms with van der Waals surface area (Å²) in [4.78, 5) is 17.0. The fourth-order valence-electron chi connectivity index (χ4n) is 3.26. The van der Waals surface area contributed by atoms with Crippen LogP contribution in [0.25, 0.3) is 0 Å². The van der Waals surface area contributed by atoms with Crippen LogP contribution in [0, 0.1) is 19.8 Å². The molecule has 19 heavy (non-hydrogen) atoms. The molecule has 2 aliphatic rings. The lowest BCUT2D eigenvalue weighted by atomic mass is 9.82. The van der Waals surface area contributed by atoms with Crippen LogP contribution in [0.4, 0.5) is 0 Å². The fraction of sp³-hybridized carbons (Fsp3) is 0.600. The van der Waals surface area contributed by atoms with E-state index >= 15 is 0 Å². The van der Waals surface area contributed by atoms with Gasteiger partial charge in [-0.05, 0) is 38.8 Å². The maximum absolute atomic E-state index is 12.6. The van der Waals surface area contributed by atoms with Crippen molar-refractivity contribution in [3.05, 3.63) is 29.1 Å². The van der Waals surface area contributed by atoms with E-state index in [0.717, 1.165) is 43.0 Å². The number of Topliss-reactive ketones (excluding diaryl/α,β-unsaturated/α-hetero) is 1. The number of carbonyl (C=O) groups is 1. The molecule has 102 valence electrons. The van der Waals surface area contributed by atoms with Gasteiger partial charge in [-0.15, -0.1) is 0 Å². The van der Waals surface area contributed by atoms with E-state index in [1.165, 1.54) is 0 Å². The van der Waals surface area contributed by atoms with E-state index in [2.05, 4.69) is 10.3 Å². The third-order valence-electron chi connectivity index (χ3n) is 3.98. The predicted octanol–water partition coefficient (Wildman–Crippen LogP) is 1.65. The van der Waals surface area contributed by atoms with Gasteiger partial charge in [-0.2, -0.15) is 0 Å². The van der Waals surface area contributed by atoms with Crippen molar-refractivity contribution in [2.24, 2.45) is 5.92 Å². The minimum absolute atomic E-state index is 0.126. The molecule has 0 radical (unpaired) electrons. The minimum atomic E-state index is 0.126. The third kappa shape index (κ3) is 2.69. The molecule has 1 N–H and O–H groups in total. The number of pyridine rings is 1. The van der Waals surface area contributed by atoms with Gasteiger partial charge in [-0.3, -0.25) is 9.78 Å². The largest absolute Gasteiger partial charge is 0.378 e. The van der Waals surface area contributed by atoms with E-state index in [0.29, 0.717) is 12.1 Å². The number of fused-ring (bicyclic) bond motifs is 2. The molecule has 1 aromatic heterocycles. The fourth-order valence-corrected chi connectivity index (χ4v) is 3.26. The summed E-state index contributed by atoms with van der Waals surface area (Å²) in [5.74, 6) is 0.397. The number of hydrogen-bond donors (Lipinski definition) is 1. The van der Waals surface area contributed by atoms with Crippen LogP contribution in [0.2, 0.25) is 0 Å². The second-order valence-electron chi connectivity index (χ2n) is 5.77. The Kier molecular flexibility index (Phi) is 3.37. The Bertz CT molecular complexity index is 469. The lowest BCUT2D eigenvalue weighted by molar-refractivity contribution is 0.00952. The van der Waals surface area contributed by atoms with Crippen LogP contribution in [0.3, 0.4) is 0 Å². The number of hydrogen-bond acceptors (Lipinski definition) is 4. The van der Waals surface area contributed by atoms with Crippen molar-refractivity contribution in [2.75, 3.05) is 13.2 Å². The molecule has 3 heterocycles. The van der Waals surface area contributed by atoms with Crippen molar-refractivity contribution in [1.82, 2.24) is 10.3 Å². The van der Waals surface area contributed by atoms with E-state index in [1.54, 1.807) is 0 Å². The molecule has 4 heteroatoms. The van der Waals surface area contributed by atoms with E-state index < -0.39 is 0 Å². The zero-order chi connectivity index (χ0) is 13.4. The highest BCUT2D eigenvalue weighted by molar-refractivity contribution is 5.98. The number of ether oxygens (including phenoxy) is 1. The summed E-state index contributed by atoms with van der Waals surface area (Å²) in [6, 6.07) is 4.49. The average Bonchev–Trinajstić information content (AvgIpc) is 2.36. The van der Waals surface area contributed by atoms with Crippen molar-refractivity contribution in [1.29, 1.82) is 0 Å². The van der Waals surface area contributed by atoms with Crippen LogP contribution in [0.5, 0.6) is 0 Å². The molecule has 1 aromatic rings. The summed E-state index contributed by atoms with van der Waals surface area (Å²) in [5.41, 5.74) is 2.65. The molecule has 2 saturated heterocycles. The van der Waals surface area contributed by atoms with Gasteiger partial charge in [0, 0.05) is 35.0 Å². The number of nitrogens with zero attached hydrogens (tertiary/aromatic N) is 1. The van der Waals surface area contributed by atoms with E-state index in [4.69, 9.17) is 4.74 Å². The number of aryl methyl sites for hydroxylation is 2. The lowest BCUT2D eigenvalue weighted by Gasteiger charge is -2.39. The Morgan fingerprint density at radius 2 is 1.79 bits per heavy atom. The standard InChI is InChI=1S/C15H20N2O2/c1-9-3-11(4-10(2)16-9)15(18)12-5-13-7-19-8-14(6-12)17-13/h3-4,12-14,17H,5-8H2,1-2H3. The van der Waals surface area contributed by atoms with Gasteiger partial charge in [0.1, 0.15) is 0 Å². The van der Waals surface area contributed by atoms with Crippen LogP contribution in [0.15, 0.2) is 12.1 Å². The first-order valence-corrected chi connectivity index (χ1v) is 6.95. The second-order valence-corrected chi connectivity index (χ2v) is 5.77. The number of morpholine rings is 1. The van der Waals surface area contributed by atoms with Crippen molar-refractivity contribution < 1.29 is 9.53 Å². The predicted molar refractivity (Wildman–Crippen MR) is 72.3 cm³/mol. The summed E-state index contributed by atoms with van der Waals surface area (Å²) >= 11 is 0. The van der Waals surface area contributed by atoms with Gasteiger partial charge >= 0.3 is 0 Å². The molecule has 0 amide bonds. The summed E-state index contributed by atoms with van der Waals surface area (Å²) in [7, 11) is 0. The number of piperidine rings is 1. The highest BCUT2D eigenvalue weighted by atomic mass is 16.5. The van der Waals surface area contributed by atoms with E-state index in [9.17, 15) is 4.79 Å². The van der Waals surface area contributed by atoms with Crippen molar-refractivity contribution >= 4 is 5.78 Å². The van der Waals surface area contributed by atoms with Crippen molar-refractivity contribution in [3.8, 4) is 0 Å². The van der Waals surface area contributed by atoms with Crippen LogP contribution in [-0.2, 0) is 4.74 Å². The topological polar surface area (TPSA) is 51.2 Å². The Balaban J connectivity index is 1.79. The smallest absolute Gasteiger partial charge is 0.166 e. The van der Waals surface area contributed by atoms with Crippen LogP contribution in [-0.4, -0.2) is 36.1 Å². The Morgan fingerprint density at radius 3 is 2.37 bits per heavy atom. The Morgan fingerprint density at radius 1 is 1.21 bits per heavy atom. The number of nitrogens with one attached hydrogen (secondary N) is 1. The second kappa shape index (κ2) is 5.02. The van der Waals surface area contributed by atoms with E-state index in [-0.39, 0.29) is 11.7 Å². The normalized spacial score (nSPS) is 30.1. The van der Waals surface area contributed by atoms with Gasteiger partial charge in [0.25, 0.3) is 0 Å². The first-order chi connectivity index (χ1) is 9.11. The zero-order valence-electron chi connectivity index (χ0n) is 11.5. The minimum Gasteiger partial charge on any atom is -0.378 e. The third-order valence-corrected chi connectivity index (χ3v) is 3.98. The van der Waals surface area contributed by atoms with Gasteiger partial charge in [0.15, 0.2) is 5.78 Å². The molecule has 2 atom stereocenters. The van der Waals surface area contributed by atoms with Crippen molar-refractivity contribution in [2.45, 2.75) is 38.8 Å². The highest BCUT2D eigenvalue weighted by Gasteiger charge is 2.35. The summed E-state index contributed by atoms with van der Waals surface area (Å²) in [5, 5.41) is 3.52. The summed E-state index contributed by atoms with van der Waals surface area (Å²) in [6.45, 7) is 5.34. The number of aromatic nitrogens is 1. The zero-order valence-corrected chi connectivity index (χ0v) is 11.5. The molecule has 3 rings (SSSR count). The molecular formula is C15H20N2O2. The first-order valence-electron chi connectivity index (χ1n) is 6.95. The first kappa shape index (κ1) is 12.8. The Hall–Kier alpha value is -1.26. The molecule has 0 aliphatic carbocycles. The Labute approximate surface area is 113 Å². The monoisotopic (exact) mass is 260 g/mol. The molecule has 2 unspecified atom stereocenters. The maximum atomic E-state index is 12.6. The highest BCUT2D eigenvalue weighted by Crippen LogP contribution is 2.27. The van der Waals surface area contributed by atoms with Gasteiger partial charge in [0.05, 0.1) is 13.2 Å². The maximum Gasteiger partial charge on any atom is 0.166 e. The summed E-state index contributed by atoms with van der Waals surface area (Å²) in [6.07, 6.45) is 1.77.